The van der Waals surface area contributed by atoms with Gasteiger partial charge in [0, 0.05) is 13.6 Å². The molecule has 0 spiro atoms. The number of likely N-dealkylation sites (N-methyl/N-ethyl adjacent to an activating group) is 1. The fourth-order valence-corrected chi connectivity index (χ4v) is 2.18. The largest absolute Gasteiger partial charge is 0.484 e. The van der Waals surface area contributed by atoms with E-state index in [1.54, 1.807) is 0 Å². The Morgan fingerprint density at radius 1 is 0.926 bits per heavy atom. The molecule has 2 aromatic rings. The molecular formula is C18H15F6NO2. The highest BCUT2D eigenvalue weighted by atomic mass is 19.4. The zero-order valence-corrected chi connectivity index (χ0v) is 14.1. The summed E-state index contributed by atoms with van der Waals surface area (Å²) in [5.74, 6) is -0.645. The average Bonchev–Trinajstić information content (AvgIpc) is 2.59. The molecule has 0 unspecified atom stereocenters. The minimum absolute atomic E-state index is 0.0307. The summed E-state index contributed by atoms with van der Waals surface area (Å²) in [5.41, 5.74) is -1.23. The van der Waals surface area contributed by atoms with Gasteiger partial charge in [-0.1, -0.05) is 18.2 Å². The Balaban J connectivity index is 1.92. The van der Waals surface area contributed by atoms with E-state index in [2.05, 4.69) is 0 Å². The number of nitrogens with zero attached hydrogens (tertiary/aromatic N) is 1. The Hall–Kier alpha value is -2.71. The van der Waals surface area contributed by atoms with Crippen LogP contribution < -0.4 is 4.74 Å². The first-order chi connectivity index (χ1) is 12.5. The highest BCUT2D eigenvalue weighted by molar-refractivity contribution is 5.77. The van der Waals surface area contributed by atoms with E-state index in [1.165, 1.54) is 30.1 Å². The molecule has 2 aromatic carbocycles. The Morgan fingerprint density at radius 2 is 1.52 bits per heavy atom. The molecule has 3 nitrogen and oxygen atoms in total. The van der Waals surface area contributed by atoms with E-state index in [-0.39, 0.29) is 12.3 Å². The molecular weight excluding hydrogens is 376 g/mol. The van der Waals surface area contributed by atoms with E-state index < -0.39 is 36.0 Å². The maximum Gasteiger partial charge on any atom is 0.416 e. The number of hydrogen-bond acceptors (Lipinski definition) is 2. The first-order valence-corrected chi connectivity index (χ1v) is 7.67. The van der Waals surface area contributed by atoms with Crippen LogP contribution in [0, 0.1) is 0 Å². The van der Waals surface area contributed by atoms with Gasteiger partial charge in [0.05, 0.1) is 11.1 Å². The van der Waals surface area contributed by atoms with Gasteiger partial charge in [0.1, 0.15) is 5.75 Å². The summed E-state index contributed by atoms with van der Waals surface area (Å²) in [6.07, 6.45) is -8.97. The second-order valence-corrected chi connectivity index (χ2v) is 5.76. The lowest BCUT2D eigenvalue weighted by Crippen LogP contribution is -2.31. The molecule has 0 heterocycles. The van der Waals surface area contributed by atoms with Crippen molar-refractivity contribution in [3.8, 4) is 5.75 Å². The summed E-state index contributed by atoms with van der Waals surface area (Å²) in [7, 11) is 1.41. The van der Waals surface area contributed by atoms with Crippen LogP contribution >= 0.6 is 0 Å². The van der Waals surface area contributed by atoms with Gasteiger partial charge < -0.3 is 9.64 Å². The van der Waals surface area contributed by atoms with Crippen LogP contribution in [0.25, 0.3) is 0 Å². The maximum atomic E-state index is 12.6. The van der Waals surface area contributed by atoms with Crippen LogP contribution in [-0.2, 0) is 23.7 Å². The highest BCUT2D eigenvalue weighted by Gasteiger charge is 2.31. The van der Waals surface area contributed by atoms with Crippen molar-refractivity contribution in [3.05, 3.63) is 65.2 Å². The SMILES string of the molecule is CN(Cc1ccc(C(F)(F)F)cc1)C(=O)COc1cccc(C(F)(F)F)c1. The summed E-state index contributed by atoms with van der Waals surface area (Å²) < 4.78 is 80.6. The van der Waals surface area contributed by atoms with Crippen LogP contribution in [0.3, 0.4) is 0 Å². The van der Waals surface area contributed by atoms with Crippen LogP contribution in [0.15, 0.2) is 48.5 Å². The van der Waals surface area contributed by atoms with Crippen molar-refractivity contribution in [1.29, 1.82) is 0 Å². The second-order valence-electron chi connectivity index (χ2n) is 5.76. The van der Waals surface area contributed by atoms with Crippen molar-refractivity contribution in [3.63, 3.8) is 0 Å². The van der Waals surface area contributed by atoms with Crippen molar-refractivity contribution in [2.75, 3.05) is 13.7 Å². The topological polar surface area (TPSA) is 29.5 Å². The van der Waals surface area contributed by atoms with Gasteiger partial charge in [0.25, 0.3) is 5.91 Å². The molecule has 0 aromatic heterocycles. The Morgan fingerprint density at radius 3 is 2.07 bits per heavy atom. The molecule has 0 aliphatic rings. The molecule has 1 amide bonds. The van der Waals surface area contributed by atoms with Crippen molar-refractivity contribution in [2.24, 2.45) is 0 Å². The molecule has 0 saturated heterocycles. The molecule has 0 bridgehead atoms. The molecule has 0 aliphatic carbocycles. The van der Waals surface area contributed by atoms with E-state index in [1.807, 2.05) is 0 Å². The van der Waals surface area contributed by atoms with Crippen molar-refractivity contribution < 1.29 is 35.9 Å². The summed E-state index contributed by atoms with van der Waals surface area (Å²) in [4.78, 5) is 13.2. The van der Waals surface area contributed by atoms with Gasteiger partial charge in [-0.15, -0.1) is 0 Å². The number of hydrogen-bond donors (Lipinski definition) is 0. The molecule has 0 saturated carbocycles. The Bertz CT molecular complexity index is 784. The summed E-state index contributed by atoms with van der Waals surface area (Å²) in [5, 5.41) is 0. The molecule has 0 N–H and O–H groups in total. The van der Waals surface area contributed by atoms with Crippen LogP contribution in [0.1, 0.15) is 16.7 Å². The van der Waals surface area contributed by atoms with E-state index >= 15 is 0 Å². The van der Waals surface area contributed by atoms with Gasteiger partial charge >= 0.3 is 12.4 Å². The number of carbonyl (C=O) groups excluding carboxylic acids is 1. The van der Waals surface area contributed by atoms with Crippen molar-refractivity contribution in [1.82, 2.24) is 4.90 Å². The number of carbonyl (C=O) groups is 1. The summed E-state index contributed by atoms with van der Waals surface area (Å²) in [6.45, 7) is -0.471. The number of alkyl halides is 6. The zero-order chi connectivity index (χ0) is 20.2. The third-order valence-corrected chi connectivity index (χ3v) is 3.65. The lowest BCUT2D eigenvalue weighted by Gasteiger charge is -2.18. The van der Waals surface area contributed by atoms with Crippen LogP contribution in [0.5, 0.6) is 5.75 Å². The van der Waals surface area contributed by atoms with Gasteiger partial charge in [-0.2, -0.15) is 26.3 Å². The van der Waals surface area contributed by atoms with Crippen molar-refractivity contribution >= 4 is 5.91 Å². The maximum absolute atomic E-state index is 12.6. The zero-order valence-electron chi connectivity index (χ0n) is 14.1. The number of rotatable bonds is 5. The lowest BCUT2D eigenvalue weighted by molar-refractivity contribution is -0.138. The van der Waals surface area contributed by atoms with Gasteiger partial charge in [-0.05, 0) is 35.9 Å². The molecule has 9 heteroatoms. The molecule has 0 atom stereocenters. The normalized spacial score (nSPS) is 12.0. The van der Waals surface area contributed by atoms with Gasteiger partial charge in [-0.3, -0.25) is 4.79 Å². The molecule has 0 fully saturated rings. The third-order valence-electron chi connectivity index (χ3n) is 3.65. The molecule has 0 radical (unpaired) electrons. The predicted octanol–water partition coefficient (Wildman–Crippen LogP) is 4.76. The van der Waals surface area contributed by atoms with Gasteiger partial charge in [-0.25, -0.2) is 0 Å². The monoisotopic (exact) mass is 391 g/mol. The van der Waals surface area contributed by atoms with E-state index in [9.17, 15) is 31.1 Å². The van der Waals surface area contributed by atoms with Gasteiger partial charge in [0.15, 0.2) is 6.61 Å². The van der Waals surface area contributed by atoms with Crippen LogP contribution in [0.4, 0.5) is 26.3 Å². The highest BCUT2D eigenvalue weighted by Crippen LogP contribution is 2.31. The fourth-order valence-electron chi connectivity index (χ4n) is 2.18. The van der Waals surface area contributed by atoms with E-state index in [4.69, 9.17) is 4.74 Å². The lowest BCUT2D eigenvalue weighted by atomic mass is 10.1. The third kappa shape index (κ3) is 5.90. The predicted molar refractivity (Wildman–Crippen MR) is 84.9 cm³/mol. The summed E-state index contributed by atoms with van der Waals surface area (Å²) >= 11 is 0. The quantitative estimate of drug-likeness (QED) is 0.688. The standard InChI is InChI=1S/C18H15F6NO2/c1-25(10-12-5-7-13(8-6-12)17(19,20)21)16(26)11-27-15-4-2-3-14(9-15)18(22,23)24/h2-9H,10-11H2,1H3. The Labute approximate surface area is 151 Å². The summed E-state index contributed by atoms with van der Waals surface area (Å²) in [6, 6.07) is 8.43. The molecule has 2 rings (SSSR count). The smallest absolute Gasteiger partial charge is 0.416 e. The fraction of sp³-hybridized carbons (Fsp3) is 0.278. The number of halogens is 6. The minimum Gasteiger partial charge on any atom is -0.484 e. The van der Waals surface area contributed by atoms with Crippen molar-refractivity contribution in [2.45, 2.75) is 18.9 Å². The van der Waals surface area contributed by atoms with E-state index in [0.29, 0.717) is 5.56 Å². The first kappa shape index (κ1) is 20.6. The van der Waals surface area contributed by atoms with Crippen LogP contribution in [-0.4, -0.2) is 24.5 Å². The second kappa shape index (κ2) is 7.89. The van der Waals surface area contributed by atoms with Crippen LogP contribution in [0.2, 0.25) is 0 Å². The molecule has 0 aliphatic heterocycles. The number of benzene rings is 2. The molecule has 146 valence electrons. The molecule has 27 heavy (non-hydrogen) atoms. The van der Waals surface area contributed by atoms with Gasteiger partial charge in [0.2, 0.25) is 0 Å². The minimum atomic E-state index is -4.53. The van der Waals surface area contributed by atoms with E-state index in [0.717, 1.165) is 30.3 Å². The number of ether oxygens (including phenoxy) is 1. The first-order valence-electron chi connectivity index (χ1n) is 7.67. The Kier molecular flexibility index (Phi) is 6.02. The average molecular weight is 391 g/mol. The number of amides is 1.